The van der Waals surface area contributed by atoms with Crippen molar-refractivity contribution in [1.29, 1.82) is 0 Å². The maximum Gasteiger partial charge on any atom is 0.412 e. The zero-order chi connectivity index (χ0) is 19.0. The average molecular weight is 371 g/mol. The first-order valence-electron chi connectivity index (χ1n) is 8.43. The molecule has 1 fully saturated rings. The second kappa shape index (κ2) is 6.59. The number of nitrogens with one attached hydrogen (secondary N) is 3. The Morgan fingerprint density at radius 1 is 1.52 bits per heavy atom. The third-order valence-corrected chi connectivity index (χ3v) is 3.88. The number of aromatic hydroxyl groups is 1. The van der Waals surface area contributed by atoms with Gasteiger partial charge in [0.05, 0.1) is 18.8 Å². The Labute approximate surface area is 151 Å². The van der Waals surface area contributed by atoms with Gasteiger partial charge in [-0.1, -0.05) is 0 Å². The summed E-state index contributed by atoms with van der Waals surface area (Å²) in [6.07, 6.45) is 4.45. The molecule has 3 aromatic rings. The van der Waals surface area contributed by atoms with Gasteiger partial charge >= 0.3 is 11.8 Å². The molecule has 4 rings (SSSR count). The van der Waals surface area contributed by atoms with Crippen LogP contribution in [0.2, 0.25) is 0 Å². The molecule has 0 spiro atoms. The van der Waals surface area contributed by atoms with E-state index in [0.717, 1.165) is 12.8 Å². The maximum absolute atomic E-state index is 11.7. The Bertz CT molecular complexity index is 1190. The molecule has 1 aliphatic rings. The van der Waals surface area contributed by atoms with Crippen molar-refractivity contribution >= 4 is 23.6 Å². The lowest BCUT2D eigenvalue weighted by atomic mass is 10.3. The SMILES string of the molecule is CCOC(=O)Nc1cc(=NC2CC2)n2nc/c(=C/c3[nH]c(=O)[nH]c3O)c2n1. The number of amides is 1. The van der Waals surface area contributed by atoms with E-state index in [4.69, 9.17) is 4.74 Å². The Morgan fingerprint density at radius 3 is 3.00 bits per heavy atom. The first-order chi connectivity index (χ1) is 13.0. The summed E-state index contributed by atoms with van der Waals surface area (Å²) in [5, 5.41) is 17.1. The fraction of sp³-hybridized carbons (Fsp3) is 0.312. The molecule has 11 nitrogen and oxygen atoms in total. The van der Waals surface area contributed by atoms with Crippen LogP contribution in [0.3, 0.4) is 0 Å². The van der Waals surface area contributed by atoms with Crippen LogP contribution < -0.4 is 21.7 Å². The van der Waals surface area contributed by atoms with Crippen LogP contribution in [0.1, 0.15) is 25.5 Å². The number of hydrogen-bond acceptors (Lipinski definition) is 7. The van der Waals surface area contributed by atoms with E-state index < -0.39 is 11.8 Å². The van der Waals surface area contributed by atoms with E-state index in [0.29, 0.717) is 16.4 Å². The number of fused-ring (bicyclic) bond motifs is 1. The van der Waals surface area contributed by atoms with Crippen molar-refractivity contribution in [3.05, 3.63) is 39.1 Å². The van der Waals surface area contributed by atoms with Gasteiger partial charge in [0.15, 0.2) is 11.1 Å². The topological polar surface area (TPSA) is 150 Å². The molecular formula is C16H17N7O4. The van der Waals surface area contributed by atoms with E-state index >= 15 is 0 Å². The third kappa shape index (κ3) is 3.52. The van der Waals surface area contributed by atoms with E-state index in [1.54, 1.807) is 17.5 Å². The van der Waals surface area contributed by atoms with Crippen LogP contribution in [0.15, 0.2) is 22.1 Å². The summed E-state index contributed by atoms with van der Waals surface area (Å²) in [6, 6.07) is 1.85. The number of carbonyl (C=O) groups is 1. The lowest BCUT2D eigenvalue weighted by Gasteiger charge is -2.05. The van der Waals surface area contributed by atoms with Gasteiger partial charge in [0.2, 0.25) is 5.88 Å². The van der Waals surface area contributed by atoms with Crippen LogP contribution in [-0.4, -0.2) is 48.4 Å². The van der Waals surface area contributed by atoms with E-state index in [-0.39, 0.29) is 30.0 Å². The van der Waals surface area contributed by atoms with Gasteiger partial charge in [0, 0.05) is 11.3 Å². The van der Waals surface area contributed by atoms with Crippen LogP contribution >= 0.6 is 0 Å². The Hall–Kier alpha value is -3.63. The average Bonchev–Trinajstić information content (AvgIpc) is 3.24. The molecule has 0 atom stereocenters. The lowest BCUT2D eigenvalue weighted by molar-refractivity contribution is 0.168. The quantitative estimate of drug-likeness (QED) is 0.491. The highest BCUT2D eigenvalue weighted by Crippen LogP contribution is 2.22. The molecule has 1 aliphatic carbocycles. The number of anilines is 1. The summed E-state index contributed by atoms with van der Waals surface area (Å²) >= 11 is 0. The number of aromatic amines is 2. The summed E-state index contributed by atoms with van der Waals surface area (Å²) in [7, 11) is 0. The first-order valence-corrected chi connectivity index (χ1v) is 8.43. The Balaban J connectivity index is 1.88. The number of ether oxygens (including phenoxy) is 1. The zero-order valence-electron chi connectivity index (χ0n) is 14.4. The number of rotatable bonds is 4. The maximum atomic E-state index is 11.7. The fourth-order valence-corrected chi connectivity index (χ4v) is 2.53. The molecule has 1 amide bonds. The fourth-order valence-electron chi connectivity index (χ4n) is 2.53. The summed E-state index contributed by atoms with van der Waals surface area (Å²) < 4.78 is 6.43. The molecule has 0 unspecified atom stereocenters. The van der Waals surface area contributed by atoms with Crippen molar-refractivity contribution in [2.45, 2.75) is 25.8 Å². The third-order valence-electron chi connectivity index (χ3n) is 3.88. The van der Waals surface area contributed by atoms with Gasteiger partial charge in [-0.05, 0) is 25.8 Å². The van der Waals surface area contributed by atoms with Crippen LogP contribution in [0.5, 0.6) is 5.88 Å². The number of nitrogens with zero attached hydrogens (tertiary/aromatic N) is 4. The summed E-state index contributed by atoms with van der Waals surface area (Å²) in [4.78, 5) is 36.8. The van der Waals surface area contributed by atoms with Gasteiger partial charge in [0.25, 0.3) is 0 Å². The molecule has 3 heterocycles. The predicted octanol–water partition coefficient (Wildman–Crippen LogP) is -0.370. The Kier molecular flexibility index (Phi) is 4.11. The van der Waals surface area contributed by atoms with Crippen molar-refractivity contribution in [3.8, 4) is 5.88 Å². The van der Waals surface area contributed by atoms with Gasteiger partial charge in [-0.2, -0.15) is 9.61 Å². The largest absolute Gasteiger partial charge is 0.493 e. The Morgan fingerprint density at radius 2 is 2.33 bits per heavy atom. The van der Waals surface area contributed by atoms with Crippen LogP contribution in [0.25, 0.3) is 11.7 Å². The molecular weight excluding hydrogens is 354 g/mol. The van der Waals surface area contributed by atoms with E-state index in [9.17, 15) is 14.7 Å². The normalized spacial score (nSPS) is 15.4. The van der Waals surface area contributed by atoms with Crippen LogP contribution in [-0.2, 0) is 4.74 Å². The number of carbonyl (C=O) groups excluding carboxylic acids is 1. The van der Waals surface area contributed by atoms with Gasteiger partial charge in [-0.3, -0.25) is 15.3 Å². The van der Waals surface area contributed by atoms with Crippen molar-refractivity contribution in [2.24, 2.45) is 4.99 Å². The molecule has 0 radical (unpaired) electrons. The summed E-state index contributed by atoms with van der Waals surface area (Å²) in [6.45, 7) is 1.94. The van der Waals surface area contributed by atoms with Crippen molar-refractivity contribution in [1.82, 2.24) is 24.6 Å². The minimum atomic E-state index is -0.621. The number of aromatic nitrogens is 5. The minimum absolute atomic E-state index is 0.195. The van der Waals surface area contributed by atoms with E-state index in [1.165, 1.54) is 12.3 Å². The summed E-state index contributed by atoms with van der Waals surface area (Å²) in [5.41, 5.74) is 0.615. The first kappa shape index (κ1) is 16.8. The van der Waals surface area contributed by atoms with Gasteiger partial charge in [-0.25, -0.2) is 14.6 Å². The number of hydrogen-bond donors (Lipinski definition) is 4. The lowest BCUT2D eigenvalue weighted by Crippen LogP contribution is -2.22. The molecule has 4 N–H and O–H groups in total. The van der Waals surface area contributed by atoms with Crippen LogP contribution in [0.4, 0.5) is 10.6 Å². The highest BCUT2D eigenvalue weighted by Gasteiger charge is 2.20. The number of H-pyrrole nitrogens is 2. The minimum Gasteiger partial charge on any atom is -0.493 e. The molecule has 1 saturated carbocycles. The van der Waals surface area contributed by atoms with Crippen molar-refractivity contribution in [2.75, 3.05) is 11.9 Å². The second-order valence-electron chi connectivity index (χ2n) is 6.03. The van der Waals surface area contributed by atoms with E-state index in [2.05, 4.69) is 30.4 Å². The zero-order valence-corrected chi connectivity index (χ0v) is 14.4. The molecule has 0 aliphatic heterocycles. The molecule has 0 saturated heterocycles. The summed E-state index contributed by atoms with van der Waals surface area (Å²) in [5.74, 6) is -0.0228. The van der Waals surface area contributed by atoms with Gasteiger partial charge in [0.1, 0.15) is 11.5 Å². The predicted molar refractivity (Wildman–Crippen MR) is 94.1 cm³/mol. The molecule has 0 bridgehead atoms. The monoisotopic (exact) mass is 371 g/mol. The molecule has 27 heavy (non-hydrogen) atoms. The highest BCUT2D eigenvalue weighted by atomic mass is 16.5. The number of imidazole rings is 1. The highest BCUT2D eigenvalue weighted by molar-refractivity contribution is 5.83. The van der Waals surface area contributed by atoms with Crippen molar-refractivity contribution < 1.29 is 14.6 Å². The molecule has 140 valence electrons. The van der Waals surface area contributed by atoms with Gasteiger partial charge < -0.3 is 14.8 Å². The molecule has 0 aromatic carbocycles. The van der Waals surface area contributed by atoms with Crippen molar-refractivity contribution in [3.63, 3.8) is 0 Å². The molecule has 11 heteroatoms. The van der Waals surface area contributed by atoms with Crippen LogP contribution in [0, 0.1) is 0 Å². The molecule has 3 aromatic heterocycles. The standard InChI is InChI=1S/C16H17N7O4/c1-2-27-16(26)21-11-6-12(18-9-3-4-9)23-13(20-11)8(7-17-23)5-10-14(24)22-15(25)19-10/h5-7,9,24H,2-4H2,1H3,(H,21,26)(H2,19,22,25)/b8-5-,18-12?. The smallest absolute Gasteiger partial charge is 0.412 e. The van der Waals surface area contributed by atoms with E-state index in [1.807, 2.05) is 0 Å². The van der Waals surface area contributed by atoms with Gasteiger partial charge in [-0.15, -0.1) is 0 Å². The second-order valence-corrected chi connectivity index (χ2v) is 6.03.